The average molecular weight is 392 g/mol. The molecule has 1 fully saturated rings. The van der Waals surface area contributed by atoms with E-state index < -0.39 is 0 Å². The van der Waals surface area contributed by atoms with Crippen LogP contribution < -0.4 is 5.32 Å². The fourth-order valence-electron chi connectivity index (χ4n) is 2.51. The van der Waals surface area contributed by atoms with Gasteiger partial charge in [-0.25, -0.2) is 4.98 Å². The summed E-state index contributed by atoms with van der Waals surface area (Å²) in [6, 6.07) is 3.39. The van der Waals surface area contributed by atoms with E-state index in [4.69, 9.17) is 21.1 Å². The van der Waals surface area contributed by atoms with Crippen molar-refractivity contribution in [1.29, 1.82) is 0 Å². The molecule has 0 bridgehead atoms. The zero-order valence-electron chi connectivity index (χ0n) is 12.5. The Morgan fingerprint density at radius 2 is 2.09 bits per heavy atom. The monoisotopic (exact) mass is 390 g/mol. The number of hydrogen-bond donors (Lipinski definition) is 1. The van der Waals surface area contributed by atoms with Crippen molar-refractivity contribution in [3.63, 3.8) is 0 Å². The molecule has 1 amide bonds. The lowest BCUT2D eigenvalue weighted by Gasteiger charge is -2.29. The highest BCUT2D eigenvalue weighted by Crippen LogP contribution is 2.22. The van der Waals surface area contributed by atoms with E-state index in [9.17, 15) is 4.79 Å². The van der Waals surface area contributed by atoms with Crippen molar-refractivity contribution in [1.82, 2.24) is 10.3 Å². The Hall–Kier alpha value is -0.690. The maximum absolute atomic E-state index is 12.2. The van der Waals surface area contributed by atoms with Gasteiger partial charge >= 0.3 is 0 Å². The minimum atomic E-state index is -0.188. The second-order valence-corrected chi connectivity index (χ2v) is 6.55. The Bertz CT molecular complexity index is 487. The van der Waals surface area contributed by atoms with E-state index in [1.54, 1.807) is 19.2 Å². The lowest BCUT2D eigenvalue weighted by atomic mass is 9.93. The lowest BCUT2D eigenvalue weighted by Crippen LogP contribution is -2.39. The molecule has 0 unspecified atom stereocenters. The highest BCUT2D eigenvalue weighted by Gasteiger charge is 2.23. The predicted molar refractivity (Wildman–Crippen MR) is 88.3 cm³/mol. The molecule has 2 rings (SSSR count). The third-order valence-corrected chi connectivity index (χ3v) is 4.27. The van der Waals surface area contributed by atoms with Gasteiger partial charge in [-0.3, -0.25) is 4.79 Å². The van der Waals surface area contributed by atoms with E-state index in [0.29, 0.717) is 28.5 Å². The predicted octanol–water partition coefficient (Wildman–Crippen LogP) is 3.20. The second kappa shape index (κ2) is 8.82. The van der Waals surface area contributed by atoms with Crippen molar-refractivity contribution in [2.24, 2.45) is 0 Å². The molecule has 0 aromatic carbocycles. The van der Waals surface area contributed by atoms with Gasteiger partial charge in [-0.2, -0.15) is 0 Å². The van der Waals surface area contributed by atoms with Crippen LogP contribution in [0, 0.1) is 0 Å². The van der Waals surface area contributed by atoms with Crippen LogP contribution in [0.25, 0.3) is 0 Å². The van der Waals surface area contributed by atoms with Crippen molar-refractivity contribution in [3.8, 4) is 0 Å². The van der Waals surface area contributed by atoms with Gasteiger partial charge in [0.05, 0.1) is 19.3 Å². The first-order valence-electron chi connectivity index (χ1n) is 7.33. The van der Waals surface area contributed by atoms with Crippen molar-refractivity contribution in [2.45, 2.75) is 37.8 Å². The van der Waals surface area contributed by atoms with Crippen LogP contribution in [0.2, 0.25) is 5.02 Å². The van der Waals surface area contributed by atoms with Crippen LogP contribution in [0.3, 0.4) is 0 Å². The molecule has 0 radical (unpaired) electrons. The average Bonchev–Trinajstić information content (AvgIpc) is 2.48. The topological polar surface area (TPSA) is 60.5 Å². The summed E-state index contributed by atoms with van der Waals surface area (Å²) in [7, 11) is 1.66. The molecule has 1 aliphatic carbocycles. The fourth-order valence-corrected chi connectivity index (χ4v) is 3.29. The Kier molecular flexibility index (Phi) is 7.08. The van der Waals surface area contributed by atoms with Gasteiger partial charge in [0.25, 0.3) is 5.91 Å². The van der Waals surface area contributed by atoms with Gasteiger partial charge in [0.15, 0.2) is 0 Å². The normalized spacial score (nSPS) is 21.6. The van der Waals surface area contributed by atoms with Gasteiger partial charge in [-0.15, -0.1) is 0 Å². The lowest BCUT2D eigenvalue weighted by molar-refractivity contribution is -0.00409. The van der Waals surface area contributed by atoms with Crippen molar-refractivity contribution < 1.29 is 14.3 Å². The molecule has 0 atom stereocenters. The summed E-state index contributed by atoms with van der Waals surface area (Å²) in [6.45, 7) is 1.24. The van der Waals surface area contributed by atoms with E-state index in [2.05, 4.69) is 26.2 Å². The number of methoxy groups -OCH3 is 1. The summed E-state index contributed by atoms with van der Waals surface area (Å²) in [5.74, 6) is -0.188. The number of carbonyl (C=O) groups is 1. The van der Waals surface area contributed by atoms with Crippen LogP contribution >= 0.6 is 27.5 Å². The molecule has 7 heteroatoms. The van der Waals surface area contributed by atoms with Crippen LogP contribution in [-0.4, -0.2) is 43.4 Å². The van der Waals surface area contributed by atoms with E-state index in [1.807, 2.05) is 0 Å². The zero-order valence-corrected chi connectivity index (χ0v) is 14.8. The summed E-state index contributed by atoms with van der Waals surface area (Å²) in [4.78, 5) is 16.4. The quantitative estimate of drug-likeness (QED) is 0.597. The number of pyridine rings is 1. The highest BCUT2D eigenvalue weighted by molar-refractivity contribution is 9.10. The minimum absolute atomic E-state index is 0.161. The molecule has 1 heterocycles. The SMILES string of the molecule is COCCO[C@H]1CC[C@H](NC(=O)c2cc(Cl)cc(Br)n2)CC1. The summed E-state index contributed by atoms with van der Waals surface area (Å²) >= 11 is 9.18. The van der Waals surface area contributed by atoms with Crippen LogP contribution in [0.5, 0.6) is 0 Å². The van der Waals surface area contributed by atoms with E-state index in [0.717, 1.165) is 25.7 Å². The Morgan fingerprint density at radius 1 is 1.36 bits per heavy atom. The Labute approximate surface area is 143 Å². The first-order valence-corrected chi connectivity index (χ1v) is 8.50. The van der Waals surface area contributed by atoms with Crippen molar-refractivity contribution >= 4 is 33.4 Å². The first-order chi connectivity index (χ1) is 10.6. The molecule has 0 spiro atoms. The summed E-state index contributed by atoms with van der Waals surface area (Å²) in [6.07, 6.45) is 3.97. The number of amides is 1. The molecule has 122 valence electrons. The van der Waals surface area contributed by atoms with E-state index >= 15 is 0 Å². The standard InChI is InChI=1S/C15H20BrClN2O3/c1-21-6-7-22-12-4-2-11(3-5-12)18-15(20)13-8-10(17)9-14(16)19-13/h8-9,11-12H,2-7H2,1H3,(H,18,20)/t11-,12-. The minimum Gasteiger partial charge on any atom is -0.382 e. The number of ether oxygens (including phenoxy) is 2. The van der Waals surface area contributed by atoms with Crippen LogP contribution in [0.4, 0.5) is 0 Å². The molecular weight excluding hydrogens is 372 g/mol. The first kappa shape index (κ1) is 17.7. The maximum atomic E-state index is 12.2. The number of carbonyl (C=O) groups excluding carboxylic acids is 1. The molecule has 1 aromatic rings. The fraction of sp³-hybridized carbons (Fsp3) is 0.600. The molecule has 1 saturated carbocycles. The summed E-state index contributed by atoms with van der Waals surface area (Å²) < 4.78 is 11.2. The number of hydrogen-bond acceptors (Lipinski definition) is 4. The molecule has 5 nitrogen and oxygen atoms in total. The number of nitrogens with one attached hydrogen (secondary N) is 1. The van der Waals surface area contributed by atoms with Crippen molar-refractivity contribution in [2.75, 3.05) is 20.3 Å². The van der Waals surface area contributed by atoms with Crippen LogP contribution in [0.1, 0.15) is 36.2 Å². The van der Waals surface area contributed by atoms with Crippen LogP contribution in [-0.2, 0) is 9.47 Å². The van der Waals surface area contributed by atoms with Gasteiger partial charge in [-0.1, -0.05) is 11.6 Å². The van der Waals surface area contributed by atoms with E-state index in [-0.39, 0.29) is 18.1 Å². The molecule has 22 heavy (non-hydrogen) atoms. The molecule has 1 N–H and O–H groups in total. The second-order valence-electron chi connectivity index (χ2n) is 5.30. The highest BCUT2D eigenvalue weighted by atomic mass is 79.9. The summed E-state index contributed by atoms with van der Waals surface area (Å²) in [5.41, 5.74) is 0.331. The van der Waals surface area contributed by atoms with E-state index in [1.165, 1.54) is 0 Å². The molecule has 1 aromatic heterocycles. The third kappa shape index (κ3) is 5.50. The largest absolute Gasteiger partial charge is 0.382 e. The number of rotatable bonds is 6. The van der Waals surface area contributed by atoms with Gasteiger partial charge in [0.2, 0.25) is 0 Å². The molecule has 1 aliphatic rings. The summed E-state index contributed by atoms with van der Waals surface area (Å²) in [5, 5.41) is 3.50. The zero-order chi connectivity index (χ0) is 15.9. The number of halogens is 2. The van der Waals surface area contributed by atoms with Crippen LogP contribution in [0.15, 0.2) is 16.7 Å². The number of aromatic nitrogens is 1. The van der Waals surface area contributed by atoms with Gasteiger partial charge in [-0.05, 0) is 53.7 Å². The Balaban J connectivity index is 1.79. The van der Waals surface area contributed by atoms with Gasteiger partial charge < -0.3 is 14.8 Å². The molecule has 0 saturated heterocycles. The maximum Gasteiger partial charge on any atom is 0.270 e. The molecular formula is C15H20BrClN2O3. The number of nitrogens with zero attached hydrogens (tertiary/aromatic N) is 1. The van der Waals surface area contributed by atoms with Gasteiger partial charge in [0, 0.05) is 18.2 Å². The van der Waals surface area contributed by atoms with Gasteiger partial charge in [0.1, 0.15) is 10.3 Å². The third-order valence-electron chi connectivity index (χ3n) is 3.64. The smallest absolute Gasteiger partial charge is 0.270 e. The Morgan fingerprint density at radius 3 is 2.73 bits per heavy atom. The molecule has 0 aliphatic heterocycles. The van der Waals surface area contributed by atoms with Crippen molar-refractivity contribution in [3.05, 3.63) is 27.5 Å².